The lowest BCUT2D eigenvalue weighted by Gasteiger charge is -2.08. The minimum absolute atomic E-state index is 0.0988. The number of carbonyl (C=O) groups excluding carboxylic acids is 2. The van der Waals surface area contributed by atoms with Crippen LogP contribution in [0.15, 0.2) is 35.4 Å². The van der Waals surface area contributed by atoms with Gasteiger partial charge in [-0.3, -0.25) is 14.7 Å². The molecule has 2 N–H and O–H groups in total. The van der Waals surface area contributed by atoms with Gasteiger partial charge in [-0.15, -0.1) is 0 Å². The fourth-order valence-electron chi connectivity index (χ4n) is 2.68. The largest absolute Gasteiger partial charge is 0.462 e. The summed E-state index contributed by atoms with van der Waals surface area (Å²) in [6.45, 7) is 3.72. The molecule has 0 saturated carbocycles. The first kappa shape index (κ1) is 18.3. The summed E-state index contributed by atoms with van der Waals surface area (Å²) < 4.78 is 6.18. The minimum atomic E-state index is -0.448. The molecule has 0 radical (unpaired) electrons. The first-order chi connectivity index (χ1) is 13.0. The molecule has 0 unspecified atom stereocenters. The standard InChI is InChI=1S/C18H19N5O4/c1-3-27-17(26)12-5-4-6-13(9-12)22-15(24)8-7-14-11(2)21-18-19-10-20-23(18)16(14)25/h4-6,9-10H,3,7-8H2,1-2H3,(H,22,24)(H,19,20,21). The van der Waals surface area contributed by atoms with E-state index < -0.39 is 5.97 Å². The zero-order valence-corrected chi connectivity index (χ0v) is 15.0. The first-order valence-corrected chi connectivity index (χ1v) is 8.48. The summed E-state index contributed by atoms with van der Waals surface area (Å²) in [7, 11) is 0. The lowest BCUT2D eigenvalue weighted by atomic mass is 10.1. The molecule has 0 aliphatic heterocycles. The maximum absolute atomic E-state index is 12.4. The van der Waals surface area contributed by atoms with Crippen LogP contribution in [0.3, 0.4) is 0 Å². The number of carbonyl (C=O) groups is 2. The number of aromatic amines is 1. The molecular formula is C18H19N5O4. The van der Waals surface area contributed by atoms with Gasteiger partial charge >= 0.3 is 5.97 Å². The number of esters is 1. The van der Waals surface area contributed by atoms with Gasteiger partial charge in [0.05, 0.1) is 17.9 Å². The number of hydrogen-bond donors (Lipinski definition) is 2. The van der Waals surface area contributed by atoms with E-state index in [-0.39, 0.29) is 30.9 Å². The van der Waals surface area contributed by atoms with Crippen LogP contribution in [0.25, 0.3) is 5.78 Å². The number of aromatic nitrogens is 4. The normalized spacial score (nSPS) is 10.7. The first-order valence-electron chi connectivity index (χ1n) is 8.48. The third-order valence-electron chi connectivity index (χ3n) is 3.99. The highest BCUT2D eigenvalue weighted by atomic mass is 16.5. The summed E-state index contributed by atoms with van der Waals surface area (Å²) in [5.74, 6) is -0.429. The van der Waals surface area contributed by atoms with Crippen LogP contribution in [0, 0.1) is 6.92 Å². The lowest BCUT2D eigenvalue weighted by Crippen LogP contribution is -2.23. The van der Waals surface area contributed by atoms with E-state index in [2.05, 4.69) is 20.4 Å². The van der Waals surface area contributed by atoms with Gasteiger partial charge in [-0.2, -0.15) is 4.52 Å². The van der Waals surface area contributed by atoms with Gasteiger partial charge in [0.2, 0.25) is 5.91 Å². The fourth-order valence-corrected chi connectivity index (χ4v) is 2.68. The Kier molecular flexibility index (Phi) is 5.30. The molecule has 2 heterocycles. The predicted molar refractivity (Wildman–Crippen MR) is 97.7 cm³/mol. The topological polar surface area (TPSA) is 118 Å². The Balaban J connectivity index is 1.68. The summed E-state index contributed by atoms with van der Waals surface area (Å²) in [4.78, 5) is 44.6. The van der Waals surface area contributed by atoms with Gasteiger partial charge in [0, 0.05) is 17.7 Å². The van der Waals surface area contributed by atoms with E-state index in [9.17, 15) is 14.4 Å². The second-order valence-corrected chi connectivity index (χ2v) is 5.85. The van der Waals surface area contributed by atoms with Gasteiger partial charge in [0.25, 0.3) is 11.3 Å². The Morgan fingerprint density at radius 1 is 1.33 bits per heavy atom. The predicted octanol–water partition coefficient (Wildman–Crippen LogP) is 1.47. The van der Waals surface area contributed by atoms with E-state index in [1.807, 2.05) is 0 Å². The molecule has 0 aliphatic carbocycles. The molecule has 3 aromatic rings. The number of rotatable bonds is 6. The summed E-state index contributed by atoms with van der Waals surface area (Å²) in [6, 6.07) is 6.50. The van der Waals surface area contributed by atoms with Crippen molar-refractivity contribution >= 4 is 23.3 Å². The van der Waals surface area contributed by atoms with Crippen molar-refractivity contribution in [3.8, 4) is 0 Å². The zero-order chi connectivity index (χ0) is 19.4. The lowest BCUT2D eigenvalue weighted by molar-refractivity contribution is -0.116. The number of benzene rings is 1. The molecule has 0 aliphatic rings. The molecule has 0 saturated heterocycles. The SMILES string of the molecule is CCOC(=O)c1cccc(NC(=O)CCc2c(C)nc3nc[nH]n3c2=O)c1. The molecule has 140 valence electrons. The third-order valence-corrected chi connectivity index (χ3v) is 3.99. The average Bonchev–Trinajstić information content (AvgIpc) is 3.10. The average molecular weight is 369 g/mol. The molecule has 2 aromatic heterocycles. The van der Waals surface area contributed by atoms with Gasteiger partial charge in [-0.25, -0.2) is 14.8 Å². The summed E-state index contributed by atoms with van der Waals surface area (Å²) in [5.41, 5.74) is 1.57. The molecule has 1 amide bonds. The molecule has 9 heteroatoms. The van der Waals surface area contributed by atoms with Crippen molar-refractivity contribution in [2.45, 2.75) is 26.7 Å². The van der Waals surface area contributed by atoms with Crippen molar-refractivity contribution < 1.29 is 14.3 Å². The maximum Gasteiger partial charge on any atom is 0.338 e. The van der Waals surface area contributed by atoms with Gasteiger partial charge in [-0.05, 0) is 38.5 Å². The third kappa shape index (κ3) is 4.02. The van der Waals surface area contributed by atoms with E-state index in [1.54, 1.807) is 38.1 Å². The molecule has 0 spiro atoms. The van der Waals surface area contributed by atoms with Crippen LogP contribution >= 0.6 is 0 Å². The molecular weight excluding hydrogens is 350 g/mol. The Bertz CT molecular complexity index is 1050. The molecule has 3 rings (SSSR count). The van der Waals surface area contributed by atoms with E-state index in [4.69, 9.17) is 4.74 Å². The summed E-state index contributed by atoms with van der Waals surface area (Å²) in [5, 5.41) is 5.42. The zero-order valence-electron chi connectivity index (χ0n) is 15.0. The van der Waals surface area contributed by atoms with Crippen molar-refractivity contribution in [3.05, 3.63) is 57.8 Å². The van der Waals surface area contributed by atoms with Crippen LogP contribution < -0.4 is 10.9 Å². The number of anilines is 1. The number of aryl methyl sites for hydroxylation is 1. The fraction of sp³-hybridized carbons (Fsp3) is 0.278. The number of fused-ring (bicyclic) bond motifs is 1. The minimum Gasteiger partial charge on any atom is -0.462 e. The second kappa shape index (κ2) is 7.81. The Labute approximate surface area is 154 Å². The highest BCUT2D eigenvalue weighted by Gasteiger charge is 2.14. The molecule has 0 bridgehead atoms. The van der Waals surface area contributed by atoms with Crippen LogP contribution in [0.2, 0.25) is 0 Å². The Morgan fingerprint density at radius 2 is 2.15 bits per heavy atom. The number of H-pyrrole nitrogens is 1. The molecule has 1 aromatic carbocycles. The molecule has 0 fully saturated rings. The van der Waals surface area contributed by atoms with Gasteiger partial charge in [-0.1, -0.05) is 6.07 Å². The maximum atomic E-state index is 12.4. The number of amides is 1. The van der Waals surface area contributed by atoms with Crippen molar-refractivity contribution in [1.82, 2.24) is 19.6 Å². The number of nitrogens with zero attached hydrogens (tertiary/aromatic N) is 3. The van der Waals surface area contributed by atoms with E-state index in [0.717, 1.165) is 0 Å². The van der Waals surface area contributed by atoms with Crippen LogP contribution in [0.4, 0.5) is 5.69 Å². The molecule has 27 heavy (non-hydrogen) atoms. The van der Waals surface area contributed by atoms with E-state index >= 15 is 0 Å². The monoisotopic (exact) mass is 369 g/mol. The van der Waals surface area contributed by atoms with Crippen LogP contribution in [0.5, 0.6) is 0 Å². The van der Waals surface area contributed by atoms with Gasteiger partial charge in [0.1, 0.15) is 6.33 Å². The van der Waals surface area contributed by atoms with Crippen molar-refractivity contribution in [3.63, 3.8) is 0 Å². The van der Waals surface area contributed by atoms with Gasteiger partial charge < -0.3 is 10.1 Å². The van der Waals surface area contributed by atoms with Crippen LogP contribution in [-0.2, 0) is 16.0 Å². The van der Waals surface area contributed by atoms with Gasteiger partial charge in [0.15, 0.2) is 0 Å². The number of hydrogen-bond acceptors (Lipinski definition) is 6. The Morgan fingerprint density at radius 3 is 2.93 bits per heavy atom. The number of ether oxygens (including phenoxy) is 1. The number of nitrogens with one attached hydrogen (secondary N) is 2. The summed E-state index contributed by atoms with van der Waals surface area (Å²) in [6.07, 6.45) is 1.72. The van der Waals surface area contributed by atoms with Crippen LogP contribution in [0.1, 0.15) is 35.0 Å². The van der Waals surface area contributed by atoms with E-state index in [1.165, 1.54) is 10.8 Å². The molecule has 0 atom stereocenters. The summed E-state index contributed by atoms with van der Waals surface area (Å²) >= 11 is 0. The van der Waals surface area contributed by atoms with Crippen molar-refractivity contribution in [2.24, 2.45) is 0 Å². The smallest absolute Gasteiger partial charge is 0.338 e. The Hall–Kier alpha value is -3.49. The highest BCUT2D eigenvalue weighted by molar-refractivity contribution is 5.94. The van der Waals surface area contributed by atoms with Crippen molar-refractivity contribution in [1.29, 1.82) is 0 Å². The second-order valence-electron chi connectivity index (χ2n) is 5.85. The molecule has 9 nitrogen and oxygen atoms in total. The van der Waals surface area contributed by atoms with E-state index in [0.29, 0.717) is 28.3 Å². The van der Waals surface area contributed by atoms with Crippen molar-refractivity contribution in [2.75, 3.05) is 11.9 Å². The van der Waals surface area contributed by atoms with Crippen LogP contribution in [-0.4, -0.2) is 38.1 Å². The quantitative estimate of drug-likeness (QED) is 0.635. The highest BCUT2D eigenvalue weighted by Crippen LogP contribution is 2.13.